The van der Waals surface area contributed by atoms with Crippen molar-refractivity contribution in [3.63, 3.8) is 0 Å². The largest absolute Gasteiger partial charge is 0.493 e. The van der Waals surface area contributed by atoms with Crippen molar-refractivity contribution in [1.29, 1.82) is 0 Å². The number of nitrogens with two attached hydrogens (primary N) is 2. The Hall–Kier alpha value is -3.03. The smallest absolute Gasteiger partial charge is 0.226 e. The summed E-state index contributed by atoms with van der Waals surface area (Å²) in [6, 6.07) is 5.47. The Morgan fingerprint density at radius 2 is 1.91 bits per heavy atom. The standard InChI is InChI=1S/C15H17N5O3/c1-22-9-4-3-7(5-10(9)23-2)8-6-11(21)18-14-12(8)13(16)19-15(17)20-14/h3-5,8H,6H2,1-2H3,(H5,16,17,18,19,20,21)/t8-/m1/s1. The Kier molecular flexibility index (Phi) is 3.65. The van der Waals surface area contributed by atoms with Gasteiger partial charge in [-0.15, -0.1) is 0 Å². The van der Waals surface area contributed by atoms with Crippen molar-refractivity contribution in [3.05, 3.63) is 29.3 Å². The van der Waals surface area contributed by atoms with Crippen LogP contribution in [0, 0.1) is 0 Å². The molecule has 0 unspecified atom stereocenters. The van der Waals surface area contributed by atoms with Gasteiger partial charge in [0.1, 0.15) is 11.6 Å². The molecule has 120 valence electrons. The maximum absolute atomic E-state index is 12.0. The minimum absolute atomic E-state index is 0.0227. The highest BCUT2D eigenvalue weighted by atomic mass is 16.5. The van der Waals surface area contributed by atoms with E-state index in [1.54, 1.807) is 20.3 Å². The van der Waals surface area contributed by atoms with Crippen LogP contribution in [-0.4, -0.2) is 30.1 Å². The molecule has 23 heavy (non-hydrogen) atoms. The fraction of sp³-hybridized carbons (Fsp3) is 0.267. The number of amides is 1. The van der Waals surface area contributed by atoms with Crippen LogP contribution in [0.2, 0.25) is 0 Å². The Morgan fingerprint density at radius 3 is 2.61 bits per heavy atom. The molecule has 0 fully saturated rings. The van der Waals surface area contributed by atoms with E-state index in [0.717, 1.165) is 5.56 Å². The van der Waals surface area contributed by atoms with E-state index < -0.39 is 0 Å². The molecule has 0 saturated carbocycles. The number of nitrogen functional groups attached to an aromatic ring is 2. The molecule has 1 atom stereocenters. The van der Waals surface area contributed by atoms with Gasteiger partial charge in [-0.3, -0.25) is 4.79 Å². The molecule has 1 aromatic heterocycles. The van der Waals surface area contributed by atoms with Crippen LogP contribution in [0.15, 0.2) is 18.2 Å². The number of carbonyl (C=O) groups is 1. The van der Waals surface area contributed by atoms with E-state index in [-0.39, 0.29) is 30.0 Å². The van der Waals surface area contributed by atoms with Gasteiger partial charge in [0, 0.05) is 17.9 Å². The number of hydrogen-bond acceptors (Lipinski definition) is 7. The molecule has 5 N–H and O–H groups in total. The van der Waals surface area contributed by atoms with Gasteiger partial charge in [-0.05, 0) is 17.7 Å². The van der Waals surface area contributed by atoms with Crippen molar-refractivity contribution >= 4 is 23.5 Å². The highest BCUT2D eigenvalue weighted by molar-refractivity contribution is 5.95. The fourth-order valence-corrected chi connectivity index (χ4v) is 2.77. The van der Waals surface area contributed by atoms with Crippen LogP contribution >= 0.6 is 0 Å². The molecule has 1 aliphatic rings. The van der Waals surface area contributed by atoms with Gasteiger partial charge in [-0.2, -0.15) is 9.97 Å². The second-order valence-electron chi connectivity index (χ2n) is 5.15. The quantitative estimate of drug-likeness (QED) is 0.775. The number of anilines is 3. The van der Waals surface area contributed by atoms with E-state index in [1.165, 1.54) is 0 Å². The van der Waals surface area contributed by atoms with Crippen LogP contribution in [0.1, 0.15) is 23.5 Å². The van der Waals surface area contributed by atoms with Crippen molar-refractivity contribution in [2.24, 2.45) is 0 Å². The lowest BCUT2D eigenvalue weighted by molar-refractivity contribution is -0.116. The van der Waals surface area contributed by atoms with Crippen molar-refractivity contribution in [2.75, 3.05) is 31.0 Å². The van der Waals surface area contributed by atoms with E-state index >= 15 is 0 Å². The first kappa shape index (κ1) is 14.9. The molecule has 8 nitrogen and oxygen atoms in total. The van der Waals surface area contributed by atoms with E-state index in [1.807, 2.05) is 12.1 Å². The average molecular weight is 315 g/mol. The number of hydrogen-bond donors (Lipinski definition) is 3. The lowest BCUT2D eigenvalue weighted by Gasteiger charge is -2.26. The summed E-state index contributed by atoms with van der Waals surface area (Å²) in [6.07, 6.45) is 0.236. The van der Waals surface area contributed by atoms with Crippen molar-refractivity contribution in [3.8, 4) is 11.5 Å². The summed E-state index contributed by atoms with van der Waals surface area (Å²) in [5, 5.41) is 2.69. The molecular weight excluding hydrogens is 298 g/mol. The number of fused-ring (bicyclic) bond motifs is 1. The third-order valence-corrected chi connectivity index (χ3v) is 3.80. The van der Waals surface area contributed by atoms with Gasteiger partial charge in [-0.1, -0.05) is 6.07 Å². The molecule has 0 saturated heterocycles. The Balaban J connectivity index is 2.13. The third-order valence-electron chi connectivity index (χ3n) is 3.80. The first-order valence-electron chi connectivity index (χ1n) is 6.98. The summed E-state index contributed by atoms with van der Waals surface area (Å²) < 4.78 is 10.6. The zero-order valence-corrected chi connectivity index (χ0v) is 12.8. The Labute approximate surface area is 132 Å². The highest BCUT2D eigenvalue weighted by Crippen LogP contribution is 2.41. The SMILES string of the molecule is COc1ccc([C@H]2CC(=O)Nc3nc(N)nc(N)c32)cc1OC. The molecule has 0 bridgehead atoms. The first-order chi connectivity index (χ1) is 11.0. The van der Waals surface area contributed by atoms with Crippen molar-refractivity contribution < 1.29 is 14.3 Å². The third kappa shape index (κ3) is 2.59. The lowest BCUT2D eigenvalue weighted by atomic mass is 9.86. The summed E-state index contributed by atoms with van der Waals surface area (Å²) in [6.45, 7) is 0. The molecule has 8 heteroatoms. The van der Waals surface area contributed by atoms with Crippen LogP contribution in [0.25, 0.3) is 0 Å². The molecule has 3 rings (SSSR count). The van der Waals surface area contributed by atoms with Crippen LogP contribution < -0.4 is 26.3 Å². The topological polar surface area (TPSA) is 125 Å². The number of nitrogens with one attached hydrogen (secondary N) is 1. The van der Waals surface area contributed by atoms with Crippen molar-refractivity contribution in [1.82, 2.24) is 9.97 Å². The van der Waals surface area contributed by atoms with E-state index in [4.69, 9.17) is 20.9 Å². The summed E-state index contributed by atoms with van der Waals surface area (Å²) in [5.41, 5.74) is 13.1. The van der Waals surface area contributed by atoms with Gasteiger partial charge in [0.05, 0.1) is 14.2 Å². The summed E-state index contributed by atoms with van der Waals surface area (Å²) >= 11 is 0. The minimum atomic E-state index is -0.279. The number of nitrogens with zero attached hydrogens (tertiary/aromatic N) is 2. The number of methoxy groups -OCH3 is 2. The zero-order chi connectivity index (χ0) is 16.6. The van der Waals surface area contributed by atoms with Crippen LogP contribution in [0.3, 0.4) is 0 Å². The van der Waals surface area contributed by atoms with Gasteiger partial charge in [-0.25, -0.2) is 0 Å². The van der Waals surface area contributed by atoms with Gasteiger partial charge in [0.25, 0.3) is 0 Å². The van der Waals surface area contributed by atoms with Gasteiger partial charge >= 0.3 is 0 Å². The minimum Gasteiger partial charge on any atom is -0.493 e. The van der Waals surface area contributed by atoms with E-state index in [0.29, 0.717) is 22.9 Å². The number of rotatable bonds is 3. The van der Waals surface area contributed by atoms with Crippen LogP contribution in [0.5, 0.6) is 11.5 Å². The summed E-state index contributed by atoms with van der Waals surface area (Å²) in [5.74, 6) is 1.38. The zero-order valence-electron chi connectivity index (χ0n) is 12.8. The molecule has 2 heterocycles. The summed E-state index contributed by atoms with van der Waals surface area (Å²) in [7, 11) is 3.12. The normalized spacial score (nSPS) is 16.4. The molecule has 0 radical (unpaired) electrons. The molecule has 1 aromatic carbocycles. The molecule has 2 aromatic rings. The van der Waals surface area contributed by atoms with E-state index in [9.17, 15) is 4.79 Å². The predicted octanol–water partition coefficient (Wildman–Crippen LogP) is 1.13. The first-order valence-corrected chi connectivity index (χ1v) is 6.98. The molecule has 0 spiro atoms. The second-order valence-corrected chi connectivity index (χ2v) is 5.15. The van der Waals surface area contributed by atoms with Crippen molar-refractivity contribution in [2.45, 2.75) is 12.3 Å². The van der Waals surface area contributed by atoms with Crippen LogP contribution in [-0.2, 0) is 4.79 Å². The number of carbonyl (C=O) groups excluding carboxylic acids is 1. The van der Waals surface area contributed by atoms with Crippen LogP contribution in [0.4, 0.5) is 17.6 Å². The molecule has 1 amide bonds. The van der Waals surface area contributed by atoms with Gasteiger partial charge in [0.2, 0.25) is 11.9 Å². The monoisotopic (exact) mass is 315 g/mol. The molecule has 1 aliphatic heterocycles. The lowest BCUT2D eigenvalue weighted by Crippen LogP contribution is -2.26. The predicted molar refractivity (Wildman–Crippen MR) is 85.5 cm³/mol. The second kappa shape index (κ2) is 5.64. The highest BCUT2D eigenvalue weighted by Gasteiger charge is 2.31. The maximum Gasteiger partial charge on any atom is 0.226 e. The Bertz CT molecular complexity index is 778. The molecule has 0 aliphatic carbocycles. The number of benzene rings is 1. The maximum atomic E-state index is 12.0. The Morgan fingerprint density at radius 1 is 1.17 bits per heavy atom. The average Bonchev–Trinajstić information content (AvgIpc) is 2.52. The number of aromatic nitrogens is 2. The van der Waals surface area contributed by atoms with E-state index in [2.05, 4.69) is 15.3 Å². The molecular formula is C15H17N5O3. The summed E-state index contributed by atoms with van der Waals surface area (Å²) in [4.78, 5) is 20.1. The number of ether oxygens (including phenoxy) is 2. The van der Waals surface area contributed by atoms with Gasteiger partial charge < -0.3 is 26.3 Å². The van der Waals surface area contributed by atoms with Gasteiger partial charge in [0.15, 0.2) is 11.5 Å². The fourth-order valence-electron chi connectivity index (χ4n) is 2.77.